The number of hydrogen-bond donors (Lipinski definition) is 1. The summed E-state index contributed by atoms with van der Waals surface area (Å²) in [7, 11) is 0. The van der Waals surface area contributed by atoms with Crippen molar-refractivity contribution in [2.24, 2.45) is 0 Å². The lowest BCUT2D eigenvalue weighted by Gasteiger charge is -2.23. The van der Waals surface area contributed by atoms with E-state index in [1.807, 2.05) is 31.6 Å². The van der Waals surface area contributed by atoms with Crippen LogP contribution in [0.25, 0.3) is 0 Å². The number of carbonyl (C=O) groups is 1. The number of hydrogen-bond acceptors (Lipinski definition) is 3. The van der Waals surface area contributed by atoms with E-state index < -0.39 is 17.8 Å². The van der Waals surface area contributed by atoms with E-state index in [2.05, 4.69) is 5.10 Å². The fourth-order valence-corrected chi connectivity index (χ4v) is 2.27. The van der Waals surface area contributed by atoms with E-state index in [0.29, 0.717) is 18.7 Å². The molecule has 0 aliphatic heterocycles. The molecule has 1 heterocycles. The van der Waals surface area contributed by atoms with Crippen LogP contribution in [0.1, 0.15) is 44.0 Å². The summed E-state index contributed by atoms with van der Waals surface area (Å²) in [6.45, 7) is 6.74. The highest BCUT2D eigenvalue weighted by molar-refractivity contribution is 5.82. The van der Waals surface area contributed by atoms with E-state index in [1.54, 1.807) is 11.1 Å². The molecule has 0 bridgehead atoms. The van der Waals surface area contributed by atoms with Crippen LogP contribution in [0, 0.1) is 5.82 Å². The van der Waals surface area contributed by atoms with Crippen molar-refractivity contribution in [1.82, 2.24) is 14.7 Å². The number of halogens is 1. The third kappa shape index (κ3) is 4.16. The van der Waals surface area contributed by atoms with Crippen LogP contribution < -0.4 is 0 Å². The summed E-state index contributed by atoms with van der Waals surface area (Å²) >= 11 is 0. The predicted molar refractivity (Wildman–Crippen MR) is 85.1 cm³/mol. The molecule has 0 radical (unpaired) electrons. The van der Waals surface area contributed by atoms with Gasteiger partial charge >= 0.3 is 0 Å². The van der Waals surface area contributed by atoms with Gasteiger partial charge in [-0.2, -0.15) is 5.10 Å². The van der Waals surface area contributed by atoms with Crippen LogP contribution >= 0.6 is 0 Å². The van der Waals surface area contributed by atoms with E-state index in [-0.39, 0.29) is 6.04 Å². The Morgan fingerprint density at radius 2 is 2.00 bits per heavy atom. The topological polar surface area (TPSA) is 58.4 Å². The van der Waals surface area contributed by atoms with Crippen LogP contribution in [-0.4, -0.2) is 32.2 Å². The van der Waals surface area contributed by atoms with E-state index in [0.717, 1.165) is 5.56 Å². The minimum Gasteiger partial charge on any atom is -0.378 e. The molecule has 1 aromatic heterocycles. The maximum atomic E-state index is 12.9. The molecule has 0 aliphatic carbocycles. The van der Waals surface area contributed by atoms with Gasteiger partial charge in [0.1, 0.15) is 5.82 Å². The zero-order valence-electron chi connectivity index (χ0n) is 13.6. The maximum absolute atomic E-state index is 12.9. The molecule has 0 saturated heterocycles. The number of benzene rings is 1. The molecule has 1 unspecified atom stereocenters. The molecule has 0 spiro atoms. The Bertz CT molecular complexity index is 652. The Morgan fingerprint density at radius 3 is 2.52 bits per heavy atom. The van der Waals surface area contributed by atoms with Crippen LogP contribution in [0.15, 0.2) is 36.7 Å². The lowest BCUT2D eigenvalue weighted by atomic mass is 10.1. The lowest BCUT2D eigenvalue weighted by Crippen LogP contribution is -2.34. The molecule has 2 aromatic rings. The van der Waals surface area contributed by atoms with E-state index in [1.165, 1.54) is 24.3 Å². The average molecular weight is 319 g/mol. The number of likely N-dealkylation sites (N-methyl/N-ethyl adjacent to an activating group) is 1. The van der Waals surface area contributed by atoms with Crippen LogP contribution in [0.2, 0.25) is 0 Å². The molecule has 0 saturated carbocycles. The second-order valence-electron chi connectivity index (χ2n) is 5.73. The van der Waals surface area contributed by atoms with Gasteiger partial charge in [0.25, 0.3) is 5.91 Å². The fourth-order valence-electron chi connectivity index (χ4n) is 2.27. The zero-order valence-corrected chi connectivity index (χ0v) is 13.6. The van der Waals surface area contributed by atoms with Gasteiger partial charge in [-0.1, -0.05) is 12.1 Å². The van der Waals surface area contributed by atoms with Crippen molar-refractivity contribution in [3.63, 3.8) is 0 Å². The second kappa shape index (κ2) is 7.37. The molecule has 6 heteroatoms. The number of amides is 1. The Morgan fingerprint density at radius 1 is 1.35 bits per heavy atom. The van der Waals surface area contributed by atoms with E-state index in [9.17, 15) is 14.3 Å². The van der Waals surface area contributed by atoms with Crippen molar-refractivity contribution in [2.45, 2.75) is 39.5 Å². The quantitative estimate of drug-likeness (QED) is 0.890. The zero-order chi connectivity index (χ0) is 17.0. The van der Waals surface area contributed by atoms with Crippen LogP contribution in [0.4, 0.5) is 4.39 Å². The highest BCUT2D eigenvalue weighted by Gasteiger charge is 2.23. The summed E-state index contributed by atoms with van der Waals surface area (Å²) in [4.78, 5) is 14.0. The van der Waals surface area contributed by atoms with Gasteiger partial charge in [-0.05, 0) is 38.5 Å². The van der Waals surface area contributed by atoms with Gasteiger partial charge < -0.3 is 10.0 Å². The van der Waals surface area contributed by atoms with Crippen molar-refractivity contribution in [1.29, 1.82) is 0 Å². The molecule has 1 aromatic carbocycles. The summed E-state index contributed by atoms with van der Waals surface area (Å²) in [6, 6.07) is 5.55. The van der Waals surface area contributed by atoms with Gasteiger partial charge in [0, 0.05) is 30.9 Å². The monoisotopic (exact) mass is 319 g/mol. The molecule has 1 N–H and O–H groups in total. The highest BCUT2D eigenvalue weighted by atomic mass is 19.1. The van der Waals surface area contributed by atoms with Crippen LogP contribution in [0.5, 0.6) is 0 Å². The number of carbonyl (C=O) groups excluding carboxylic acids is 1. The van der Waals surface area contributed by atoms with Gasteiger partial charge in [0.05, 0.1) is 6.20 Å². The van der Waals surface area contributed by atoms with Gasteiger partial charge in [-0.25, -0.2) is 4.39 Å². The molecule has 23 heavy (non-hydrogen) atoms. The van der Waals surface area contributed by atoms with Crippen molar-refractivity contribution in [3.05, 3.63) is 53.6 Å². The number of aromatic nitrogens is 2. The first-order valence-electron chi connectivity index (χ1n) is 7.67. The molecule has 1 amide bonds. The summed E-state index contributed by atoms with van der Waals surface area (Å²) in [6.07, 6.45) is 2.32. The minimum atomic E-state index is -1.30. The Labute approximate surface area is 135 Å². The molecule has 2 rings (SSSR count). The number of aliphatic hydroxyl groups excluding tert-OH is 1. The normalized spacial score (nSPS) is 12.4. The largest absolute Gasteiger partial charge is 0.378 e. The number of aliphatic hydroxyl groups is 1. The average Bonchev–Trinajstić information content (AvgIpc) is 3.01. The van der Waals surface area contributed by atoms with Gasteiger partial charge in [0.2, 0.25) is 0 Å². The predicted octanol–water partition coefficient (Wildman–Crippen LogP) is 2.69. The van der Waals surface area contributed by atoms with E-state index >= 15 is 0 Å². The molecule has 0 fully saturated rings. The molecule has 5 nitrogen and oxygen atoms in total. The first-order valence-corrected chi connectivity index (χ1v) is 7.67. The smallest absolute Gasteiger partial charge is 0.256 e. The van der Waals surface area contributed by atoms with Gasteiger partial charge in [0.15, 0.2) is 6.10 Å². The van der Waals surface area contributed by atoms with Crippen LogP contribution in [0.3, 0.4) is 0 Å². The summed E-state index contributed by atoms with van der Waals surface area (Å²) in [5.74, 6) is -0.807. The molecule has 124 valence electrons. The third-order valence-corrected chi connectivity index (χ3v) is 3.67. The van der Waals surface area contributed by atoms with Crippen molar-refractivity contribution < 1.29 is 14.3 Å². The first kappa shape index (κ1) is 17.1. The van der Waals surface area contributed by atoms with Crippen LogP contribution in [-0.2, 0) is 11.3 Å². The Hall–Kier alpha value is -2.21. The SMILES string of the molecule is CCN(Cc1cnn(C(C)C)c1)C(=O)C(O)c1ccc(F)cc1. The number of nitrogens with zero attached hydrogens (tertiary/aromatic N) is 3. The lowest BCUT2D eigenvalue weighted by molar-refractivity contribution is -0.141. The van der Waals surface area contributed by atoms with Crippen molar-refractivity contribution in [2.75, 3.05) is 6.54 Å². The Kier molecular flexibility index (Phi) is 5.50. The molecule has 0 aliphatic rings. The maximum Gasteiger partial charge on any atom is 0.256 e. The Balaban J connectivity index is 2.09. The molecular weight excluding hydrogens is 297 g/mol. The van der Waals surface area contributed by atoms with Crippen molar-refractivity contribution >= 4 is 5.91 Å². The molecular formula is C17H22FN3O2. The summed E-state index contributed by atoms with van der Waals surface area (Å²) in [5.41, 5.74) is 1.29. The van der Waals surface area contributed by atoms with Gasteiger partial charge in [-0.15, -0.1) is 0 Å². The third-order valence-electron chi connectivity index (χ3n) is 3.67. The summed E-state index contributed by atoms with van der Waals surface area (Å²) < 4.78 is 14.8. The highest BCUT2D eigenvalue weighted by Crippen LogP contribution is 2.18. The van der Waals surface area contributed by atoms with Crippen molar-refractivity contribution in [3.8, 4) is 0 Å². The number of rotatable bonds is 6. The molecule has 1 atom stereocenters. The van der Waals surface area contributed by atoms with Gasteiger partial charge in [-0.3, -0.25) is 9.48 Å². The minimum absolute atomic E-state index is 0.249. The first-order chi connectivity index (χ1) is 10.9. The second-order valence-corrected chi connectivity index (χ2v) is 5.73. The summed E-state index contributed by atoms with van der Waals surface area (Å²) in [5, 5.41) is 14.5. The van der Waals surface area contributed by atoms with E-state index in [4.69, 9.17) is 0 Å². The fraction of sp³-hybridized carbons (Fsp3) is 0.412. The standard InChI is InChI=1S/C17H22FN3O2/c1-4-20(10-13-9-19-21(11-13)12(2)3)17(23)16(22)14-5-7-15(18)8-6-14/h5-9,11-12,16,22H,4,10H2,1-3H3.